The number of ether oxygens (including phenoxy) is 1. The van der Waals surface area contributed by atoms with Gasteiger partial charge < -0.3 is 4.74 Å². The smallest absolute Gasteiger partial charge is 0.412 e. The van der Waals surface area contributed by atoms with Crippen LogP contribution in [0.1, 0.15) is 6.92 Å². The number of carbonyl (C=O) groups excluding carboxylic acids is 1. The van der Waals surface area contributed by atoms with Crippen molar-refractivity contribution in [2.24, 2.45) is 0 Å². The fourth-order valence-electron chi connectivity index (χ4n) is 0.947. The molecular weight excluding hydrogens is 340 g/mol. The molecule has 0 aromatic heterocycles. The standard InChI is InChI=1S/C11H9ClINO2/c1-8(6-7-13)16-11(15)14-10-4-2-9(12)3-5-10/h2-5,8H,1H3,(H,14,15). The van der Waals surface area contributed by atoms with Crippen molar-refractivity contribution in [3.05, 3.63) is 29.3 Å². The van der Waals surface area contributed by atoms with Crippen molar-refractivity contribution in [1.82, 2.24) is 0 Å². The Morgan fingerprint density at radius 1 is 1.50 bits per heavy atom. The second kappa shape index (κ2) is 6.61. The van der Waals surface area contributed by atoms with Crippen LogP contribution in [0.15, 0.2) is 24.3 Å². The SMILES string of the molecule is CC(C#CI)OC(=O)Nc1ccc(Cl)cc1. The Morgan fingerprint density at radius 3 is 2.69 bits per heavy atom. The van der Waals surface area contributed by atoms with Crippen molar-refractivity contribution in [3.8, 4) is 9.85 Å². The Labute approximate surface area is 113 Å². The first kappa shape index (κ1) is 13.1. The van der Waals surface area contributed by atoms with E-state index in [1.807, 2.05) is 22.6 Å². The average molecular weight is 350 g/mol. The molecule has 0 aliphatic rings. The minimum Gasteiger partial charge on any atom is -0.433 e. The van der Waals surface area contributed by atoms with E-state index >= 15 is 0 Å². The molecule has 1 aromatic rings. The van der Waals surface area contributed by atoms with Gasteiger partial charge in [0.15, 0.2) is 6.10 Å². The van der Waals surface area contributed by atoms with Gasteiger partial charge in [0.2, 0.25) is 0 Å². The molecule has 16 heavy (non-hydrogen) atoms. The number of amides is 1. The summed E-state index contributed by atoms with van der Waals surface area (Å²) in [7, 11) is 0. The van der Waals surface area contributed by atoms with E-state index in [2.05, 4.69) is 15.2 Å². The number of halogens is 2. The monoisotopic (exact) mass is 349 g/mol. The molecule has 0 bridgehead atoms. The predicted molar refractivity (Wildman–Crippen MR) is 72.8 cm³/mol. The van der Waals surface area contributed by atoms with Crippen LogP contribution in [0, 0.1) is 9.85 Å². The molecule has 1 aromatic carbocycles. The second-order valence-electron chi connectivity index (χ2n) is 2.92. The lowest BCUT2D eigenvalue weighted by Gasteiger charge is -2.08. The van der Waals surface area contributed by atoms with Gasteiger partial charge in [0, 0.05) is 33.3 Å². The highest BCUT2D eigenvalue weighted by Gasteiger charge is 2.06. The quantitative estimate of drug-likeness (QED) is 0.653. The molecule has 1 rings (SSSR count). The third-order valence-corrected chi connectivity index (χ3v) is 2.20. The first-order chi connectivity index (χ1) is 7.61. The van der Waals surface area contributed by atoms with E-state index in [1.54, 1.807) is 31.2 Å². The number of hydrogen-bond donors (Lipinski definition) is 1. The van der Waals surface area contributed by atoms with Crippen LogP contribution in [0.3, 0.4) is 0 Å². The third-order valence-electron chi connectivity index (χ3n) is 1.63. The highest BCUT2D eigenvalue weighted by molar-refractivity contribution is 14.1. The molecule has 0 aliphatic heterocycles. The van der Waals surface area contributed by atoms with Crippen molar-refractivity contribution >= 4 is 46.0 Å². The molecule has 0 saturated carbocycles. The fourth-order valence-corrected chi connectivity index (χ4v) is 1.51. The van der Waals surface area contributed by atoms with E-state index in [1.165, 1.54) is 0 Å². The summed E-state index contributed by atoms with van der Waals surface area (Å²) in [5.74, 6) is 2.70. The lowest BCUT2D eigenvalue weighted by Crippen LogP contribution is -2.18. The van der Waals surface area contributed by atoms with Crippen molar-refractivity contribution in [2.45, 2.75) is 13.0 Å². The Morgan fingerprint density at radius 2 is 2.12 bits per heavy atom. The van der Waals surface area contributed by atoms with Gasteiger partial charge in [-0.25, -0.2) is 4.79 Å². The highest BCUT2D eigenvalue weighted by atomic mass is 127. The first-order valence-electron chi connectivity index (χ1n) is 4.46. The Kier molecular flexibility index (Phi) is 5.43. The zero-order valence-corrected chi connectivity index (χ0v) is 11.4. The Bertz CT molecular complexity index is 422. The number of carbonyl (C=O) groups is 1. The first-order valence-corrected chi connectivity index (χ1v) is 5.92. The van der Waals surface area contributed by atoms with Gasteiger partial charge >= 0.3 is 6.09 Å². The molecule has 5 heteroatoms. The summed E-state index contributed by atoms with van der Waals surface area (Å²) < 4.78 is 7.61. The number of benzene rings is 1. The molecule has 0 heterocycles. The average Bonchev–Trinajstić information content (AvgIpc) is 2.21. The molecule has 0 saturated heterocycles. The molecule has 0 radical (unpaired) electrons. The van der Waals surface area contributed by atoms with Gasteiger partial charge in [0.1, 0.15) is 0 Å². The van der Waals surface area contributed by atoms with Gasteiger partial charge in [-0.15, -0.1) is 0 Å². The van der Waals surface area contributed by atoms with E-state index in [-0.39, 0.29) is 0 Å². The molecule has 0 spiro atoms. The van der Waals surface area contributed by atoms with Gasteiger partial charge in [-0.1, -0.05) is 11.6 Å². The molecule has 0 aliphatic carbocycles. The van der Waals surface area contributed by atoms with E-state index in [0.717, 1.165) is 0 Å². The van der Waals surface area contributed by atoms with Crippen LogP contribution in [0.2, 0.25) is 5.02 Å². The van der Waals surface area contributed by atoms with Gasteiger partial charge in [0.05, 0.1) is 0 Å². The Balaban J connectivity index is 2.50. The summed E-state index contributed by atoms with van der Waals surface area (Å²) in [6, 6.07) is 6.76. The lowest BCUT2D eigenvalue weighted by atomic mass is 10.3. The maximum atomic E-state index is 11.3. The predicted octanol–water partition coefficient (Wildman–Crippen LogP) is 3.67. The largest absolute Gasteiger partial charge is 0.433 e. The number of anilines is 1. The van der Waals surface area contributed by atoms with Crippen LogP contribution >= 0.6 is 34.2 Å². The van der Waals surface area contributed by atoms with Crippen LogP contribution in [-0.4, -0.2) is 12.2 Å². The maximum absolute atomic E-state index is 11.3. The number of rotatable bonds is 2. The zero-order chi connectivity index (χ0) is 12.0. The lowest BCUT2D eigenvalue weighted by molar-refractivity contribution is 0.145. The Hall–Kier alpha value is -0.930. The summed E-state index contributed by atoms with van der Waals surface area (Å²) in [5.41, 5.74) is 0.629. The molecule has 3 nitrogen and oxygen atoms in total. The summed E-state index contributed by atoms with van der Waals surface area (Å²) >= 11 is 7.60. The summed E-state index contributed by atoms with van der Waals surface area (Å²) in [6.45, 7) is 1.70. The van der Waals surface area contributed by atoms with Crippen LogP contribution in [0.4, 0.5) is 10.5 Å². The second-order valence-corrected chi connectivity index (χ2v) is 3.89. The molecule has 1 N–H and O–H groups in total. The van der Waals surface area contributed by atoms with E-state index in [0.29, 0.717) is 10.7 Å². The minimum absolute atomic E-state index is 0.427. The molecule has 0 fully saturated rings. The van der Waals surface area contributed by atoms with Crippen LogP contribution < -0.4 is 5.32 Å². The number of nitrogens with one attached hydrogen (secondary N) is 1. The van der Waals surface area contributed by atoms with Gasteiger partial charge in [-0.05, 0) is 41.0 Å². The topological polar surface area (TPSA) is 38.3 Å². The normalized spacial score (nSPS) is 10.9. The highest BCUT2D eigenvalue weighted by Crippen LogP contribution is 2.13. The molecule has 1 atom stereocenters. The molecular formula is C11H9ClINO2. The van der Waals surface area contributed by atoms with E-state index in [4.69, 9.17) is 16.3 Å². The summed E-state index contributed by atoms with van der Waals surface area (Å²) in [5, 5.41) is 3.18. The van der Waals surface area contributed by atoms with Crippen LogP contribution in [-0.2, 0) is 4.74 Å². The van der Waals surface area contributed by atoms with Gasteiger partial charge in [-0.2, -0.15) is 0 Å². The van der Waals surface area contributed by atoms with Crippen LogP contribution in [0.5, 0.6) is 0 Å². The number of hydrogen-bond acceptors (Lipinski definition) is 2. The summed E-state index contributed by atoms with van der Waals surface area (Å²) in [4.78, 5) is 11.3. The van der Waals surface area contributed by atoms with Crippen molar-refractivity contribution in [2.75, 3.05) is 5.32 Å². The minimum atomic E-state index is -0.533. The van der Waals surface area contributed by atoms with Gasteiger partial charge in [0.25, 0.3) is 0 Å². The van der Waals surface area contributed by atoms with E-state index in [9.17, 15) is 4.79 Å². The molecule has 1 unspecified atom stereocenters. The fraction of sp³-hybridized carbons (Fsp3) is 0.182. The maximum Gasteiger partial charge on any atom is 0.412 e. The van der Waals surface area contributed by atoms with Crippen molar-refractivity contribution < 1.29 is 9.53 Å². The summed E-state index contributed by atoms with van der Waals surface area (Å²) in [6.07, 6.45) is -0.960. The third kappa shape index (κ3) is 4.73. The van der Waals surface area contributed by atoms with Crippen molar-refractivity contribution in [3.63, 3.8) is 0 Å². The van der Waals surface area contributed by atoms with E-state index < -0.39 is 12.2 Å². The van der Waals surface area contributed by atoms with Crippen molar-refractivity contribution in [1.29, 1.82) is 0 Å². The zero-order valence-electron chi connectivity index (χ0n) is 8.46. The van der Waals surface area contributed by atoms with Gasteiger partial charge in [-0.3, -0.25) is 5.32 Å². The molecule has 84 valence electrons. The molecule has 1 amide bonds. The van der Waals surface area contributed by atoms with Crippen LogP contribution in [0.25, 0.3) is 0 Å².